The van der Waals surface area contributed by atoms with E-state index in [1.54, 1.807) is 0 Å². The first-order chi connectivity index (χ1) is 12.7. The molecule has 1 heterocycles. The van der Waals surface area contributed by atoms with Gasteiger partial charge in [0.15, 0.2) is 0 Å². The van der Waals surface area contributed by atoms with Crippen LogP contribution < -0.4 is 4.74 Å². The number of hydrogen-bond acceptors (Lipinski definition) is 5. The van der Waals surface area contributed by atoms with Gasteiger partial charge in [-0.05, 0) is 19.3 Å². The molecule has 2 aliphatic carbocycles. The van der Waals surface area contributed by atoms with Crippen molar-refractivity contribution in [1.29, 1.82) is 0 Å². The lowest BCUT2D eigenvalue weighted by atomic mass is 9.96. The van der Waals surface area contributed by atoms with Crippen molar-refractivity contribution in [3.05, 3.63) is 29.1 Å². The number of hydrogen-bond donors (Lipinski definition) is 0. The number of fused-ring (bicyclic) bond motifs is 1. The number of carbonyl (C=O) groups is 1. The number of carbonyl (C=O) groups excluding carboxylic acids is 1. The minimum atomic E-state index is -2.30. The van der Waals surface area contributed by atoms with E-state index in [4.69, 9.17) is 21.7 Å². The smallest absolute Gasteiger partial charge is 0.358 e. The fourth-order valence-corrected chi connectivity index (χ4v) is 4.39. The van der Waals surface area contributed by atoms with E-state index in [1.807, 2.05) is 6.92 Å². The molecule has 146 valence electrons. The van der Waals surface area contributed by atoms with Gasteiger partial charge in [0.2, 0.25) is 34.8 Å². The molecule has 3 aliphatic rings. The highest BCUT2D eigenvalue weighted by atomic mass is 32.1. The summed E-state index contributed by atoms with van der Waals surface area (Å²) in [6, 6.07) is 0. The molecule has 0 bridgehead atoms. The topological polar surface area (TPSA) is 48.1 Å². The van der Waals surface area contributed by atoms with Gasteiger partial charge in [-0.25, -0.2) is 13.2 Å². The molecule has 0 radical (unpaired) electrons. The maximum atomic E-state index is 13.6. The molecule has 10 heteroatoms. The summed E-state index contributed by atoms with van der Waals surface area (Å²) >= 11 is 4.70. The van der Waals surface area contributed by atoms with Crippen molar-refractivity contribution in [1.82, 2.24) is 0 Å². The highest BCUT2D eigenvalue weighted by Crippen LogP contribution is 2.70. The number of halogens is 5. The Morgan fingerprint density at radius 1 is 1.15 bits per heavy atom. The molecule has 0 amide bonds. The van der Waals surface area contributed by atoms with E-state index in [9.17, 15) is 26.7 Å². The average Bonchev–Trinajstić information content (AvgIpc) is 3.49. The molecule has 1 aliphatic heterocycles. The number of benzene rings is 1. The highest BCUT2D eigenvalue weighted by Gasteiger charge is 2.77. The van der Waals surface area contributed by atoms with Crippen LogP contribution in [0.3, 0.4) is 0 Å². The van der Waals surface area contributed by atoms with Crippen LogP contribution in [0.4, 0.5) is 22.0 Å². The molecule has 1 aromatic rings. The van der Waals surface area contributed by atoms with E-state index in [0.717, 1.165) is 0 Å². The summed E-state index contributed by atoms with van der Waals surface area (Å²) in [5, 5.41) is -0.832. The molecular formula is C17H13F5O4S. The Bertz CT molecular complexity index is 833. The first-order valence-corrected chi connectivity index (χ1v) is 8.65. The first kappa shape index (κ1) is 18.5. The molecule has 0 N–H and O–H groups in total. The number of Topliss-reactive ketones (excluding diaryl/α,β-unsaturated/α-hetero) is 1. The lowest BCUT2D eigenvalue weighted by molar-refractivity contribution is -0.124. The van der Waals surface area contributed by atoms with Gasteiger partial charge in [0.05, 0.1) is 17.6 Å². The minimum Gasteiger partial charge on any atom is -0.455 e. The van der Waals surface area contributed by atoms with Crippen LogP contribution in [0.15, 0.2) is 0 Å². The zero-order valence-corrected chi connectivity index (χ0v) is 14.7. The van der Waals surface area contributed by atoms with Gasteiger partial charge in [0.25, 0.3) is 0 Å². The standard InChI is InChI=1S/C17H13F5O4S/c1-5-14(25-5)8-6-2-3-7(23)17(6,8)4-24-16(27)26-15-12(21)10(19)9(18)11(20)13(15)22/h5-6,8,14H,2-4H2,1H3/t5-,6+,8-,14-,17-/m0/s1. The molecule has 5 atom stereocenters. The molecule has 2 saturated carbocycles. The van der Waals surface area contributed by atoms with Crippen molar-refractivity contribution in [3.8, 4) is 5.75 Å². The van der Waals surface area contributed by atoms with E-state index in [0.29, 0.717) is 12.8 Å². The van der Waals surface area contributed by atoms with Crippen molar-refractivity contribution in [2.24, 2.45) is 17.3 Å². The first-order valence-electron chi connectivity index (χ1n) is 8.25. The van der Waals surface area contributed by atoms with E-state index in [-0.39, 0.29) is 36.4 Å². The summed E-state index contributed by atoms with van der Waals surface area (Å²) in [6.07, 6.45) is 1.07. The summed E-state index contributed by atoms with van der Waals surface area (Å²) in [4.78, 5) is 12.3. The zero-order chi connectivity index (χ0) is 19.7. The Labute approximate surface area is 155 Å². The SMILES string of the molecule is C[C@@H]1O[C@@H]1[C@@H]1[C@H]2CCC(=O)[C@@]12COC(=S)Oc1c(F)c(F)c(F)c(F)c1F. The molecule has 1 saturated heterocycles. The normalized spacial score (nSPS) is 33.6. The Morgan fingerprint density at radius 3 is 2.26 bits per heavy atom. The van der Waals surface area contributed by atoms with Gasteiger partial charge in [-0.15, -0.1) is 0 Å². The third-order valence-corrected chi connectivity index (χ3v) is 5.88. The van der Waals surface area contributed by atoms with Gasteiger partial charge in [-0.1, -0.05) is 0 Å². The summed E-state index contributed by atoms with van der Waals surface area (Å²) in [5.41, 5.74) is -0.792. The van der Waals surface area contributed by atoms with E-state index in [2.05, 4.69) is 4.74 Å². The Kier molecular flexibility index (Phi) is 4.19. The number of ether oxygens (including phenoxy) is 3. The van der Waals surface area contributed by atoms with Crippen molar-refractivity contribution < 1.29 is 41.0 Å². The molecule has 0 spiro atoms. The molecule has 3 fully saturated rings. The molecule has 4 rings (SSSR count). The second-order valence-electron chi connectivity index (χ2n) is 6.98. The fraction of sp³-hybridized carbons (Fsp3) is 0.529. The number of ketones is 1. The van der Waals surface area contributed by atoms with E-state index < -0.39 is 45.5 Å². The van der Waals surface area contributed by atoms with E-state index >= 15 is 0 Å². The van der Waals surface area contributed by atoms with Crippen molar-refractivity contribution in [3.63, 3.8) is 0 Å². The maximum Gasteiger partial charge on any atom is 0.358 e. The predicted octanol–water partition coefficient (Wildman–Crippen LogP) is 3.45. The predicted molar refractivity (Wildman–Crippen MR) is 83.4 cm³/mol. The van der Waals surface area contributed by atoms with Crippen molar-refractivity contribution in [2.45, 2.75) is 32.0 Å². The number of epoxide rings is 1. The van der Waals surface area contributed by atoms with E-state index in [1.165, 1.54) is 0 Å². The van der Waals surface area contributed by atoms with Crippen LogP contribution in [-0.4, -0.2) is 29.8 Å². The minimum absolute atomic E-state index is 0.0146. The average molecular weight is 408 g/mol. The van der Waals surface area contributed by atoms with Gasteiger partial charge < -0.3 is 14.2 Å². The van der Waals surface area contributed by atoms with Crippen LogP contribution in [-0.2, 0) is 14.3 Å². The van der Waals surface area contributed by atoms with Crippen molar-refractivity contribution >= 4 is 23.2 Å². The zero-order valence-electron chi connectivity index (χ0n) is 13.9. The molecule has 0 unspecified atom stereocenters. The third-order valence-electron chi connectivity index (χ3n) is 5.68. The summed E-state index contributed by atoms with van der Waals surface area (Å²) in [7, 11) is 0. The Hall–Kier alpha value is -1.81. The number of thiocarbonyl (C=S) groups is 1. The monoisotopic (exact) mass is 408 g/mol. The van der Waals surface area contributed by atoms with Crippen LogP contribution in [0.2, 0.25) is 0 Å². The summed E-state index contributed by atoms with van der Waals surface area (Å²) in [6.45, 7) is 1.69. The van der Waals surface area contributed by atoms with Gasteiger partial charge in [-0.2, -0.15) is 8.78 Å². The fourth-order valence-electron chi connectivity index (χ4n) is 4.25. The van der Waals surface area contributed by atoms with Crippen LogP contribution in [0, 0.1) is 46.3 Å². The Morgan fingerprint density at radius 2 is 1.70 bits per heavy atom. The second kappa shape index (κ2) is 6.10. The largest absolute Gasteiger partial charge is 0.455 e. The van der Waals surface area contributed by atoms with Crippen LogP contribution >= 0.6 is 12.2 Å². The maximum absolute atomic E-state index is 13.6. The summed E-state index contributed by atoms with van der Waals surface area (Å²) < 4.78 is 81.9. The highest BCUT2D eigenvalue weighted by molar-refractivity contribution is 7.79. The second-order valence-corrected chi connectivity index (χ2v) is 7.31. The number of rotatable bonds is 4. The molecule has 4 nitrogen and oxygen atoms in total. The summed E-state index contributed by atoms with van der Waals surface area (Å²) in [5.74, 6) is -12.4. The molecular weight excluding hydrogens is 395 g/mol. The van der Waals surface area contributed by atoms with Crippen LogP contribution in [0.5, 0.6) is 5.75 Å². The Balaban J connectivity index is 1.46. The van der Waals surface area contributed by atoms with Gasteiger partial charge in [-0.3, -0.25) is 4.79 Å². The third kappa shape index (κ3) is 2.64. The molecule has 27 heavy (non-hydrogen) atoms. The van der Waals surface area contributed by atoms with Gasteiger partial charge in [0.1, 0.15) is 12.4 Å². The van der Waals surface area contributed by atoms with Crippen molar-refractivity contribution in [2.75, 3.05) is 6.61 Å². The molecule has 1 aromatic carbocycles. The van der Waals surface area contributed by atoms with Crippen LogP contribution in [0.25, 0.3) is 0 Å². The van der Waals surface area contributed by atoms with Gasteiger partial charge >= 0.3 is 5.24 Å². The van der Waals surface area contributed by atoms with Gasteiger partial charge in [0, 0.05) is 24.6 Å². The quantitative estimate of drug-likeness (QED) is 0.251. The van der Waals surface area contributed by atoms with Crippen LogP contribution in [0.1, 0.15) is 19.8 Å². The lowest BCUT2D eigenvalue weighted by Gasteiger charge is -2.16. The molecule has 0 aromatic heterocycles. The lowest BCUT2D eigenvalue weighted by Crippen LogP contribution is -2.27.